The second kappa shape index (κ2) is 8.14. The third kappa shape index (κ3) is 4.98. The van der Waals surface area contributed by atoms with E-state index in [0.717, 1.165) is 0 Å². The summed E-state index contributed by atoms with van der Waals surface area (Å²) in [6.45, 7) is 3.44. The summed E-state index contributed by atoms with van der Waals surface area (Å²) < 4.78 is 15.2. The van der Waals surface area contributed by atoms with E-state index in [9.17, 15) is 9.59 Å². The van der Waals surface area contributed by atoms with E-state index in [1.807, 2.05) is 13.8 Å². The summed E-state index contributed by atoms with van der Waals surface area (Å²) in [4.78, 5) is 23.4. The van der Waals surface area contributed by atoms with Crippen molar-refractivity contribution in [3.05, 3.63) is 24.3 Å². The maximum Gasteiger partial charge on any atom is 0.328 e. The average Bonchev–Trinajstić information content (AvgIpc) is 2.49. The van der Waals surface area contributed by atoms with E-state index >= 15 is 0 Å². The molecule has 1 aromatic carbocycles. The SMILES string of the molecule is COC(=O)[C@@H](NC(=O)COc1ccccc1OC)C(C)C. The highest BCUT2D eigenvalue weighted by molar-refractivity contribution is 5.85. The van der Waals surface area contributed by atoms with Crippen molar-refractivity contribution in [3.8, 4) is 11.5 Å². The fourth-order valence-electron chi connectivity index (χ4n) is 1.72. The zero-order valence-electron chi connectivity index (χ0n) is 12.7. The van der Waals surface area contributed by atoms with Crippen LogP contribution in [0.15, 0.2) is 24.3 Å². The van der Waals surface area contributed by atoms with E-state index in [-0.39, 0.29) is 12.5 Å². The van der Waals surface area contributed by atoms with Crippen LogP contribution in [0, 0.1) is 5.92 Å². The van der Waals surface area contributed by atoms with Gasteiger partial charge in [0.05, 0.1) is 14.2 Å². The molecule has 0 aromatic heterocycles. The Morgan fingerprint density at radius 2 is 1.76 bits per heavy atom. The quantitative estimate of drug-likeness (QED) is 0.769. The van der Waals surface area contributed by atoms with E-state index in [1.54, 1.807) is 24.3 Å². The number of ether oxygens (including phenoxy) is 3. The molecule has 21 heavy (non-hydrogen) atoms. The number of carbonyl (C=O) groups is 2. The van der Waals surface area contributed by atoms with Crippen LogP contribution in [0.2, 0.25) is 0 Å². The topological polar surface area (TPSA) is 73.9 Å². The summed E-state index contributed by atoms with van der Waals surface area (Å²) in [5, 5.41) is 2.60. The maximum absolute atomic E-state index is 11.9. The lowest BCUT2D eigenvalue weighted by molar-refractivity contribution is -0.146. The zero-order valence-corrected chi connectivity index (χ0v) is 12.7. The molecule has 0 heterocycles. The molecule has 1 rings (SSSR count). The smallest absolute Gasteiger partial charge is 0.328 e. The predicted octanol–water partition coefficient (Wildman–Crippen LogP) is 1.39. The van der Waals surface area contributed by atoms with E-state index in [2.05, 4.69) is 10.1 Å². The molecule has 1 atom stereocenters. The van der Waals surface area contributed by atoms with Gasteiger partial charge in [-0.3, -0.25) is 4.79 Å². The van der Waals surface area contributed by atoms with Crippen molar-refractivity contribution >= 4 is 11.9 Å². The number of nitrogens with one attached hydrogen (secondary N) is 1. The molecule has 1 amide bonds. The largest absolute Gasteiger partial charge is 0.493 e. The lowest BCUT2D eigenvalue weighted by Crippen LogP contribution is -2.46. The molecular formula is C15H21NO5. The Kier molecular flexibility index (Phi) is 6.52. The average molecular weight is 295 g/mol. The summed E-state index contributed by atoms with van der Waals surface area (Å²) in [5.41, 5.74) is 0. The maximum atomic E-state index is 11.9. The predicted molar refractivity (Wildman–Crippen MR) is 77.3 cm³/mol. The second-order valence-corrected chi connectivity index (χ2v) is 4.75. The molecule has 116 valence electrons. The van der Waals surface area contributed by atoms with Gasteiger partial charge in [0, 0.05) is 0 Å². The van der Waals surface area contributed by atoms with Crippen molar-refractivity contribution < 1.29 is 23.8 Å². The molecule has 1 N–H and O–H groups in total. The van der Waals surface area contributed by atoms with Crippen LogP contribution >= 0.6 is 0 Å². The summed E-state index contributed by atoms with van der Waals surface area (Å²) in [7, 11) is 2.81. The fraction of sp³-hybridized carbons (Fsp3) is 0.467. The molecule has 0 bridgehead atoms. The highest BCUT2D eigenvalue weighted by Gasteiger charge is 2.25. The normalized spacial score (nSPS) is 11.7. The van der Waals surface area contributed by atoms with E-state index in [4.69, 9.17) is 9.47 Å². The number of para-hydroxylation sites is 2. The number of amides is 1. The van der Waals surface area contributed by atoms with Gasteiger partial charge >= 0.3 is 5.97 Å². The Hall–Kier alpha value is -2.24. The van der Waals surface area contributed by atoms with Crippen molar-refractivity contribution in [2.24, 2.45) is 5.92 Å². The molecule has 6 heteroatoms. The first-order valence-corrected chi connectivity index (χ1v) is 6.62. The monoisotopic (exact) mass is 295 g/mol. The Morgan fingerprint density at radius 3 is 2.29 bits per heavy atom. The highest BCUT2D eigenvalue weighted by Crippen LogP contribution is 2.25. The summed E-state index contributed by atoms with van der Waals surface area (Å²) in [5.74, 6) is 0.0568. The number of carbonyl (C=O) groups excluding carboxylic acids is 2. The van der Waals surface area contributed by atoms with E-state index in [0.29, 0.717) is 11.5 Å². The van der Waals surface area contributed by atoms with E-state index < -0.39 is 17.9 Å². The first kappa shape index (κ1) is 16.8. The standard InChI is InChI=1S/C15H21NO5/c1-10(2)14(15(18)20-4)16-13(17)9-21-12-8-6-5-7-11(12)19-3/h5-8,10,14H,9H2,1-4H3,(H,16,17)/t14-/m0/s1. The van der Waals surface area contributed by atoms with Crippen LogP contribution in [0.3, 0.4) is 0 Å². The van der Waals surface area contributed by atoms with Crippen molar-refractivity contribution in [1.29, 1.82) is 0 Å². The Labute approximate surface area is 124 Å². The van der Waals surface area contributed by atoms with Crippen molar-refractivity contribution in [1.82, 2.24) is 5.32 Å². The minimum atomic E-state index is -0.691. The van der Waals surface area contributed by atoms with Crippen LogP contribution in [0.4, 0.5) is 0 Å². The fourth-order valence-corrected chi connectivity index (χ4v) is 1.72. The van der Waals surface area contributed by atoms with Gasteiger partial charge in [0.2, 0.25) is 0 Å². The van der Waals surface area contributed by atoms with Crippen LogP contribution < -0.4 is 14.8 Å². The Bertz CT molecular complexity index is 487. The van der Waals surface area contributed by atoms with Gasteiger partial charge < -0.3 is 19.5 Å². The zero-order chi connectivity index (χ0) is 15.8. The molecule has 0 aliphatic carbocycles. The number of hydrogen-bond acceptors (Lipinski definition) is 5. The second-order valence-electron chi connectivity index (χ2n) is 4.75. The first-order valence-electron chi connectivity index (χ1n) is 6.62. The van der Waals surface area contributed by atoms with Crippen LogP contribution in [0.5, 0.6) is 11.5 Å². The number of benzene rings is 1. The molecule has 0 aliphatic rings. The molecule has 1 aromatic rings. The van der Waals surface area contributed by atoms with Crippen molar-refractivity contribution in [2.45, 2.75) is 19.9 Å². The molecule has 0 radical (unpaired) electrons. The van der Waals surface area contributed by atoms with E-state index in [1.165, 1.54) is 14.2 Å². The molecule has 0 unspecified atom stereocenters. The number of esters is 1. The Morgan fingerprint density at radius 1 is 1.14 bits per heavy atom. The third-order valence-corrected chi connectivity index (χ3v) is 2.87. The van der Waals surface area contributed by atoms with Crippen LogP contribution in [-0.4, -0.2) is 38.7 Å². The highest BCUT2D eigenvalue weighted by atomic mass is 16.5. The molecule has 0 aliphatic heterocycles. The lowest BCUT2D eigenvalue weighted by Gasteiger charge is -2.20. The molecule has 6 nitrogen and oxygen atoms in total. The minimum absolute atomic E-state index is 0.0762. The van der Waals surface area contributed by atoms with Gasteiger partial charge in [-0.15, -0.1) is 0 Å². The van der Waals surface area contributed by atoms with Crippen LogP contribution in [0.1, 0.15) is 13.8 Å². The van der Waals surface area contributed by atoms with Gasteiger partial charge in [-0.05, 0) is 18.1 Å². The summed E-state index contributed by atoms with van der Waals surface area (Å²) in [6.07, 6.45) is 0. The van der Waals surface area contributed by atoms with Gasteiger partial charge in [-0.2, -0.15) is 0 Å². The van der Waals surface area contributed by atoms with Gasteiger partial charge in [0.25, 0.3) is 5.91 Å². The molecular weight excluding hydrogens is 274 g/mol. The van der Waals surface area contributed by atoms with Crippen molar-refractivity contribution in [3.63, 3.8) is 0 Å². The molecule has 0 saturated heterocycles. The number of methoxy groups -OCH3 is 2. The summed E-state index contributed by atoms with van der Waals surface area (Å²) in [6, 6.07) is 6.33. The molecule has 0 saturated carbocycles. The molecule has 0 fully saturated rings. The lowest BCUT2D eigenvalue weighted by atomic mass is 10.0. The van der Waals surface area contributed by atoms with Gasteiger partial charge in [0.1, 0.15) is 6.04 Å². The number of hydrogen-bond donors (Lipinski definition) is 1. The molecule has 0 spiro atoms. The first-order chi connectivity index (χ1) is 9.99. The van der Waals surface area contributed by atoms with Gasteiger partial charge in [-0.1, -0.05) is 26.0 Å². The summed E-state index contributed by atoms with van der Waals surface area (Å²) >= 11 is 0. The van der Waals surface area contributed by atoms with Gasteiger partial charge in [0.15, 0.2) is 18.1 Å². The number of rotatable bonds is 7. The Balaban J connectivity index is 2.59. The van der Waals surface area contributed by atoms with Crippen LogP contribution in [-0.2, 0) is 14.3 Å². The third-order valence-electron chi connectivity index (χ3n) is 2.87. The van der Waals surface area contributed by atoms with Crippen molar-refractivity contribution in [2.75, 3.05) is 20.8 Å². The van der Waals surface area contributed by atoms with Crippen LogP contribution in [0.25, 0.3) is 0 Å². The minimum Gasteiger partial charge on any atom is -0.493 e. The van der Waals surface area contributed by atoms with Gasteiger partial charge in [-0.25, -0.2) is 4.79 Å².